The molecule has 0 radical (unpaired) electrons. The van der Waals surface area contributed by atoms with Crippen molar-refractivity contribution in [2.75, 3.05) is 4.90 Å². The minimum Gasteiger partial charge on any atom is -0.337 e. The van der Waals surface area contributed by atoms with E-state index >= 15 is 0 Å². The third-order valence-electron chi connectivity index (χ3n) is 10.0. The Hall–Kier alpha value is -5.60. The molecule has 0 saturated carbocycles. The van der Waals surface area contributed by atoms with Crippen LogP contribution in [0.3, 0.4) is 0 Å². The molecule has 2 nitrogen and oxygen atoms in total. The normalized spacial score (nSPS) is 13.3. The minimum atomic E-state index is -0.0821. The molecule has 0 saturated heterocycles. The van der Waals surface area contributed by atoms with Crippen LogP contribution in [0.5, 0.6) is 0 Å². The summed E-state index contributed by atoms with van der Waals surface area (Å²) in [6.07, 6.45) is 0. The van der Waals surface area contributed by atoms with E-state index in [9.17, 15) is 0 Å². The maximum Gasteiger partial charge on any atom is 0.0561 e. The maximum atomic E-state index is 2.51. The average molecular weight is 591 g/mol. The molecule has 0 aliphatic heterocycles. The van der Waals surface area contributed by atoms with Crippen molar-refractivity contribution in [3.05, 3.63) is 174 Å². The Balaban J connectivity index is 1.27. The van der Waals surface area contributed by atoms with Gasteiger partial charge in [0.1, 0.15) is 0 Å². The molecule has 9 rings (SSSR count). The second-order valence-corrected chi connectivity index (χ2v) is 13.0. The van der Waals surface area contributed by atoms with Gasteiger partial charge < -0.3 is 9.47 Å². The first-order valence-corrected chi connectivity index (χ1v) is 16.2. The molecule has 8 aromatic rings. The van der Waals surface area contributed by atoms with Crippen molar-refractivity contribution in [3.8, 4) is 16.8 Å². The zero-order chi connectivity index (χ0) is 30.8. The van der Waals surface area contributed by atoms with Crippen LogP contribution in [0.15, 0.2) is 158 Å². The molecule has 0 amide bonds. The molecule has 1 heterocycles. The van der Waals surface area contributed by atoms with Gasteiger partial charge in [-0.3, -0.25) is 0 Å². The van der Waals surface area contributed by atoms with Gasteiger partial charge in [0.2, 0.25) is 0 Å². The molecule has 1 aliphatic carbocycles. The Labute approximate surface area is 269 Å². The summed E-state index contributed by atoms with van der Waals surface area (Å²) in [6, 6.07) is 57.8. The Kier molecular flexibility index (Phi) is 5.95. The zero-order valence-corrected chi connectivity index (χ0v) is 26.1. The van der Waals surface area contributed by atoms with Gasteiger partial charge in [0.05, 0.1) is 11.0 Å². The van der Waals surface area contributed by atoms with Gasteiger partial charge >= 0.3 is 0 Å². The van der Waals surface area contributed by atoms with E-state index in [1.54, 1.807) is 0 Å². The molecule has 0 unspecified atom stereocenters. The molecular formula is C44H34N2. The molecule has 0 bridgehead atoms. The van der Waals surface area contributed by atoms with E-state index in [4.69, 9.17) is 0 Å². The summed E-state index contributed by atoms with van der Waals surface area (Å²) in [5, 5.41) is 5.03. The Morgan fingerprint density at radius 3 is 2.09 bits per heavy atom. The molecule has 2 heteroatoms. The standard InChI is InChI=1S/C44H34N2/c1-44(2)40-21-10-8-18-36(40)39-20-12-15-32(43(39)44)29-45(34-24-23-30-13-6-7-14-31(30)27-34)35-25-26-38-37-19-9-11-22-41(37)46(42(38)28-35)33-16-4-3-5-17-33/h3-28H,29H2,1-2H3. The van der Waals surface area contributed by atoms with E-state index in [0.29, 0.717) is 0 Å². The fourth-order valence-corrected chi connectivity index (χ4v) is 7.92. The fourth-order valence-electron chi connectivity index (χ4n) is 7.92. The Morgan fingerprint density at radius 2 is 1.20 bits per heavy atom. The molecule has 0 spiro atoms. The van der Waals surface area contributed by atoms with E-state index < -0.39 is 0 Å². The van der Waals surface area contributed by atoms with Crippen molar-refractivity contribution in [3.63, 3.8) is 0 Å². The summed E-state index contributed by atoms with van der Waals surface area (Å²) in [6.45, 7) is 5.52. The SMILES string of the molecule is CC1(C)c2ccccc2-c2cccc(CN(c3ccc4ccccc4c3)c3ccc4c5ccccc5n(-c5ccccc5)c4c3)c21. The highest BCUT2D eigenvalue weighted by molar-refractivity contribution is 6.10. The second kappa shape index (κ2) is 10.2. The van der Waals surface area contributed by atoms with E-state index in [-0.39, 0.29) is 5.41 Å². The zero-order valence-electron chi connectivity index (χ0n) is 26.1. The Bertz CT molecular complexity index is 2430. The topological polar surface area (TPSA) is 8.17 Å². The van der Waals surface area contributed by atoms with Crippen LogP contribution in [0.4, 0.5) is 11.4 Å². The molecular weight excluding hydrogens is 556 g/mol. The number of anilines is 2. The lowest BCUT2D eigenvalue weighted by atomic mass is 9.80. The summed E-state index contributed by atoms with van der Waals surface area (Å²) in [5.41, 5.74) is 12.8. The minimum absolute atomic E-state index is 0.0821. The third-order valence-corrected chi connectivity index (χ3v) is 10.0. The largest absolute Gasteiger partial charge is 0.337 e. The number of hydrogen-bond donors (Lipinski definition) is 0. The molecule has 0 fully saturated rings. The first-order valence-electron chi connectivity index (χ1n) is 16.2. The lowest BCUT2D eigenvalue weighted by molar-refractivity contribution is 0.650. The average Bonchev–Trinajstić information content (AvgIpc) is 3.56. The van der Waals surface area contributed by atoms with Crippen LogP contribution in [-0.2, 0) is 12.0 Å². The highest BCUT2D eigenvalue weighted by Crippen LogP contribution is 2.50. The van der Waals surface area contributed by atoms with Crippen molar-refractivity contribution in [1.82, 2.24) is 4.57 Å². The van der Waals surface area contributed by atoms with E-state index in [1.807, 2.05) is 0 Å². The summed E-state index contributed by atoms with van der Waals surface area (Å²) in [5.74, 6) is 0. The predicted molar refractivity (Wildman–Crippen MR) is 195 cm³/mol. The number of aromatic nitrogens is 1. The monoisotopic (exact) mass is 590 g/mol. The third kappa shape index (κ3) is 4.03. The number of para-hydroxylation sites is 2. The van der Waals surface area contributed by atoms with Crippen molar-refractivity contribution in [1.29, 1.82) is 0 Å². The van der Waals surface area contributed by atoms with Gasteiger partial charge in [-0.1, -0.05) is 129 Å². The van der Waals surface area contributed by atoms with Crippen LogP contribution >= 0.6 is 0 Å². The van der Waals surface area contributed by atoms with Crippen molar-refractivity contribution in [2.24, 2.45) is 0 Å². The summed E-state index contributed by atoms with van der Waals surface area (Å²) in [7, 11) is 0. The van der Waals surface area contributed by atoms with Gasteiger partial charge in [0.15, 0.2) is 0 Å². The fraction of sp³-hybridized carbons (Fsp3) is 0.0909. The van der Waals surface area contributed by atoms with Gasteiger partial charge in [-0.25, -0.2) is 0 Å². The van der Waals surface area contributed by atoms with Gasteiger partial charge in [-0.2, -0.15) is 0 Å². The van der Waals surface area contributed by atoms with Crippen LogP contribution < -0.4 is 4.90 Å². The van der Waals surface area contributed by atoms with Gasteiger partial charge in [-0.15, -0.1) is 0 Å². The van der Waals surface area contributed by atoms with Crippen LogP contribution in [0.2, 0.25) is 0 Å². The van der Waals surface area contributed by atoms with E-state index in [1.165, 1.54) is 77.5 Å². The quantitative estimate of drug-likeness (QED) is 0.194. The number of hydrogen-bond acceptors (Lipinski definition) is 1. The van der Waals surface area contributed by atoms with Crippen LogP contribution in [0.25, 0.3) is 49.4 Å². The van der Waals surface area contributed by atoms with Gasteiger partial charge in [0.25, 0.3) is 0 Å². The number of nitrogens with zero attached hydrogens (tertiary/aromatic N) is 2. The second-order valence-electron chi connectivity index (χ2n) is 13.0. The van der Waals surface area contributed by atoms with E-state index in [0.717, 1.165) is 6.54 Å². The molecule has 7 aromatic carbocycles. The molecule has 0 N–H and O–H groups in total. The van der Waals surface area contributed by atoms with Crippen LogP contribution in [-0.4, -0.2) is 4.57 Å². The summed E-state index contributed by atoms with van der Waals surface area (Å²) >= 11 is 0. The van der Waals surface area contributed by atoms with Crippen molar-refractivity contribution in [2.45, 2.75) is 25.8 Å². The summed E-state index contributed by atoms with van der Waals surface area (Å²) in [4.78, 5) is 2.51. The van der Waals surface area contributed by atoms with Crippen molar-refractivity contribution >= 4 is 44.0 Å². The first kappa shape index (κ1) is 26.8. The van der Waals surface area contributed by atoms with Gasteiger partial charge in [0, 0.05) is 39.8 Å². The highest BCUT2D eigenvalue weighted by Gasteiger charge is 2.37. The van der Waals surface area contributed by atoms with Crippen LogP contribution in [0, 0.1) is 0 Å². The van der Waals surface area contributed by atoms with E-state index in [2.05, 4.69) is 181 Å². The number of benzene rings is 7. The van der Waals surface area contributed by atoms with Crippen LogP contribution in [0.1, 0.15) is 30.5 Å². The summed E-state index contributed by atoms with van der Waals surface area (Å²) < 4.78 is 2.41. The Morgan fingerprint density at radius 1 is 0.522 bits per heavy atom. The smallest absolute Gasteiger partial charge is 0.0561 e. The molecule has 46 heavy (non-hydrogen) atoms. The number of fused-ring (bicyclic) bond motifs is 7. The first-order chi connectivity index (χ1) is 22.6. The predicted octanol–water partition coefficient (Wildman–Crippen LogP) is 11.6. The maximum absolute atomic E-state index is 2.51. The molecule has 1 aliphatic rings. The number of rotatable bonds is 5. The molecule has 1 aromatic heterocycles. The van der Waals surface area contributed by atoms with Gasteiger partial charge in [-0.05, 0) is 81.1 Å². The van der Waals surface area contributed by atoms with Crippen molar-refractivity contribution < 1.29 is 0 Å². The lowest BCUT2D eigenvalue weighted by Gasteiger charge is -2.30. The molecule has 220 valence electrons. The highest BCUT2D eigenvalue weighted by atomic mass is 15.1. The molecule has 0 atom stereocenters. The lowest BCUT2D eigenvalue weighted by Crippen LogP contribution is -2.22.